The maximum absolute atomic E-state index is 12.7. The van der Waals surface area contributed by atoms with Gasteiger partial charge in [0.05, 0.1) is 29.4 Å². The number of nitrogens with two attached hydrogens (primary N) is 2. The van der Waals surface area contributed by atoms with Gasteiger partial charge in [-0.15, -0.1) is 66.3 Å². The van der Waals surface area contributed by atoms with Crippen molar-refractivity contribution in [1.82, 2.24) is 141 Å². The van der Waals surface area contributed by atoms with Crippen LogP contribution in [0.3, 0.4) is 0 Å². The highest BCUT2D eigenvalue weighted by Crippen LogP contribution is 2.18. The third kappa shape index (κ3) is 32.3. The molecule has 0 aliphatic carbocycles. The molecule has 0 saturated heterocycles. The Morgan fingerprint density at radius 2 is 0.612 bits per heavy atom. The number of hydrogen-bond acceptors (Lipinski definition) is 39. The van der Waals surface area contributed by atoms with Crippen LogP contribution < -0.4 is 91.9 Å². The van der Waals surface area contributed by atoms with Gasteiger partial charge < -0.3 is 64.1 Å². The molecular formula is C82H99N35O12. The van der Waals surface area contributed by atoms with E-state index in [0.717, 1.165) is 91.3 Å². The van der Waals surface area contributed by atoms with Gasteiger partial charge in [-0.3, -0.25) is 90.8 Å². The highest BCUT2D eigenvalue weighted by Gasteiger charge is 2.24. The molecule has 129 heavy (non-hydrogen) atoms. The Kier molecular flexibility index (Phi) is 41.3. The molecule has 0 spiro atoms. The lowest BCUT2D eigenvalue weighted by atomic mass is 10.1. The van der Waals surface area contributed by atoms with Crippen LogP contribution in [0, 0.1) is 0 Å². The zero-order chi connectivity index (χ0) is 90.5. The van der Waals surface area contributed by atoms with E-state index in [1.807, 2.05) is 73.8 Å². The van der Waals surface area contributed by atoms with E-state index in [1.54, 1.807) is 61.5 Å². The first-order chi connectivity index (χ1) is 61.8. The quantitative estimate of drug-likeness (QED) is 0.0186. The summed E-state index contributed by atoms with van der Waals surface area (Å²) in [6.07, 6.45) is 13.5. The number of unbranched alkanes of at least 4 members (excludes halogenated alkanes) is 6. The van der Waals surface area contributed by atoms with Crippen LogP contribution in [-0.4, -0.2) is 203 Å². The minimum Gasteiger partial charge on any atom is -0.463 e. The summed E-state index contributed by atoms with van der Waals surface area (Å²) in [6.45, 7) is 6.23. The van der Waals surface area contributed by atoms with E-state index < -0.39 is 29.6 Å². The second-order valence-electron chi connectivity index (χ2n) is 26.9. The van der Waals surface area contributed by atoms with Crippen molar-refractivity contribution in [3.8, 4) is 46.1 Å². The van der Waals surface area contributed by atoms with Crippen molar-refractivity contribution in [3.05, 3.63) is 202 Å². The van der Waals surface area contributed by atoms with Gasteiger partial charge in [0.1, 0.15) is 28.6 Å². The summed E-state index contributed by atoms with van der Waals surface area (Å²) in [7, 11) is 4.68. The molecule has 3 aliphatic heterocycles. The van der Waals surface area contributed by atoms with Crippen LogP contribution in [0.25, 0.3) is 46.1 Å². The number of amidine groups is 6. The maximum atomic E-state index is 12.7. The van der Waals surface area contributed by atoms with E-state index in [1.165, 1.54) is 38.9 Å². The molecule has 0 fully saturated rings. The molecule has 3 aliphatic rings. The number of amides is 8. The molecule has 0 radical (unpaired) electrons. The summed E-state index contributed by atoms with van der Waals surface area (Å²) >= 11 is 0. The molecule has 674 valence electrons. The second-order valence-corrected chi connectivity index (χ2v) is 26.9. The summed E-state index contributed by atoms with van der Waals surface area (Å²) in [5.74, 6) is -2.52. The lowest BCUT2D eigenvalue weighted by molar-refractivity contribution is -0.191. The zero-order valence-corrected chi connectivity index (χ0v) is 69.2. The Morgan fingerprint density at radius 3 is 0.868 bits per heavy atom. The van der Waals surface area contributed by atoms with E-state index in [0.29, 0.717) is 96.7 Å². The number of esters is 1. The fraction of sp³-hybridized carbons (Fsp3) is 0.293. The van der Waals surface area contributed by atoms with Gasteiger partial charge in [-0.2, -0.15) is 14.7 Å². The van der Waals surface area contributed by atoms with Gasteiger partial charge in [0.2, 0.25) is 46.6 Å². The Hall–Kier alpha value is -16.6. The number of hydrogen-bond donors (Lipinski definition) is 17. The molecule has 8 amide bonds. The average Bonchev–Trinajstić information content (AvgIpc) is 0.820. The van der Waals surface area contributed by atoms with E-state index >= 15 is 0 Å². The first-order valence-corrected chi connectivity index (χ1v) is 39.3. The highest BCUT2D eigenvalue weighted by atomic mass is 16.5. The van der Waals surface area contributed by atoms with Crippen LogP contribution in [0.5, 0.6) is 0 Å². The van der Waals surface area contributed by atoms with E-state index in [4.69, 9.17) is 21.1 Å². The predicted octanol–water partition coefficient (Wildman–Crippen LogP) is 0.481. The van der Waals surface area contributed by atoms with Crippen LogP contribution in [0.1, 0.15) is 148 Å². The minimum atomic E-state index is -0.718. The fourth-order valence-corrected chi connectivity index (χ4v) is 11.1. The lowest BCUT2D eigenvalue weighted by Crippen LogP contribution is -2.47. The molecule has 9 aromatic rings. The summed E-state index contributed by atoms with van der Waals surface area (Å²) in [5.41, 5.74) is 34.7. The van der Waals surface area contributed by atoms with Gasteiger partial charge in [-0.05, 0) is 128 Å². The van der Waals surface area contributed by atoms with Crippen LogP contribution in [0.15, 0.2) is 177 Å². The highest BCUT2D eigenvalue weighted by molar-refractivity contribution is 6.43. The number of carbonyl (C=O) groups is 9. The third-order valence-corrected chi connectivity index (χ3v) is 17.8. The van der Waals surface area contributed by atoms with Gasteiger partial charge in [-0.25, -0.2) is 4.79 Å². The summed E-state index contributed by atoms with van der Waals surface area (Å²) in [6, 6.07) is 35.5. The number of rotatable bonds is 37. The molecule has 47 heteroatoms. The minimum absolute atomic E-state index is 0. The van der Waals surface area contributed by atoms with Gasteiger partial charge in [0.25, 0.3) is 53.1 Å². The van der Waals surface area contributed by atoms with Crippen molar-refractivity contribution < 1.29 is 57.5 Å². The smallest absolute Gasteiger partial charge is 0.377 e. The molecule has 6 aromatic heterocycles. The van der Waals surface area contributed by atoms with Crippen molar-refractivity contribution >= 4 is 94.4 Å². The number of benzene rings is 3. The van der Waals surface area contributed by atoms with Crippen LogP contribution >= 0.6 is 0 Å². The van der Waals surface area contributed by atoms with Gasteiger partial charge in [0.15, 0.2) is 0 Å². The third-order valence-electron chi connectivity index (χ3n) is 17.8. The molecule has 19 N–H and O–H groups in total. The normalized spacial score (nSPS) is 11.8. The van der Waals surface area contributed by atoms with E-state index in [9.17, 15) is 43.2 Å². The molecule has 0 saturated carbocycles. The van der Waals surface area contributed by atoms with Crippen molar-refractivity contribution in [2.75, 3.05) is 47.4 Å². The van der Waals surface area contributed by atoms with Gasteiger partial charge in [0, 0.05) is 90.7 Å². The molecule has 0 bridgehead atoms. The summed E-state index contributed by atoms with van der Waals surface area (Å²) < 4.78 is 4.49. The van der Waals surface area contributed by atoms with Crippen LogP contribution in [0.4, 0.5) is 0 Å². The fourth-order valence-electron chi connectivity index (χ4n) is 11.1. The number of aromatic nitrogens is 12. The molecule has 9 heterocycles. The first kappa shape index (κ1) is 99.6. The predicted molar refractivity (Wildman–Crippen MR) is 471 cm³/mol. The molecule has 0 atom stereocenters. The monoisotopic (exact) mass is 1770 g/mol. The average molecular weight is 1770 g/mol. The number of carbonyl (C=O) groups excluding carboxylic acids is 11. The van der Waals surface area contributed by atoms with Crippen molar-refractivity contribution in [3.63, 3.8) is 0 Å². The Balaban J connectivity index is 0.000000288. The SMILES string of the molecule is C.C.CNCCCCCCNC(=O)c1ccc(-c2nnc(-c3ccc(C(=O)NCCCCCCNC(=O)c4ccc(-c5nnc(-c6ccc(C(=O)NC)cn6)nn5)nc4)cn3)nn2)nc1.COC(=O)C1=NNC(C(=O)NCc2cccc(CNC(=O)C3=NNC(C)=NN3)c2)=NN1.NCc1cccc(CNC(=O)C2=NNC(C(=O)NCc3cccc(CN)c3)=NN2)c1.O=C=O. The summed E-state index contributed by atoms with van der Waals surface area (Å²) in [5, 5.41) is 80.9. The van der Waals surface area contributed by atoms with E-state index in [-0.39, 0.29) is 110 Å². The lowest BCUT2D eigenvalue weighted by Gasteiger charge is -2.14. The largest absolute Gasteiger partial charge is 0.463 e. The van der Waals surface area contributed by atoms with Crippen LogP contribution in [0.2, 0.25) is 0 Å². The van der Waals surface area contributed by atoms with Crippen LogP contribution in [-0.2, 0) is 77.6 Å². The number of hydrazone groups is 6. The molecule has 47 nitrogen and oxygen atoms in total. The first-order valence-electron chi connectivity index (χ1n) is 39.3. The second kappa shape index (κ2) is 53.5. The summed E-state index contributed by atoms with van der Waals surface area (Å²) in [4.78, 5) is 143. The molecular weight excluding hydrogens is 1670 g/mol. The molecule has 0 unspecified atom stereocenters. The number of nitrogens with zero attached hydrogens (tertiary/aromatic N) is 18. The van der Waals surface area contributed by atoms with Gasteiger partial charge >= 0.3 is 12.1 Å². The van der Waals surface area contributed by atoms with Gasteiger partial charge in [-0.1, -0.05) is 113 Å². The van der Waals surface area contributed by atoms with Crippen molar-refractivity contribution in [1.29, 1.82) is 0 Å². The molecule has 12 rings (SSSR count). The maximum Gasteiger partial charge on any atom is 0.377 e. The number of pyridine rings is 4. The van der Waals surface area contributed by atoms with Crippen molar-refractivity contribution in [2.45, 2.75) is 112 Å². The zero-order valence-electron chi connectivity index (χ0n) is 69.2. The van der Waals surface area contributed by atoms with Crippen molar-refractivity contribution in [2.24, 2.45) is 42.1 Å². The number of methoxy groups -OCH3 is 1. The Bertz CT molecular complexity index is 5420. The van der Waals surface area contributed by atoms with E-state index in [2.05, 4.69) is 176 Å². The topological polar surface area (TPSA) is 658 Å². The molecule has 3 aromatic carbocycles. The number of nitrogens with one attached hydrogen (secondary N) is 15. The Labute approximate surface area is 739 Å². The number of ether oxygens (including phenoxy) is 1. The Morgan fingerprint density at radius 1 is 0.341 bits per heavy atom. The standard InChI is InChI=1S/C42H47N17O4.C20H24N8O2.C17H20N10O4.CO2.2CH4/c1-43-19-7-3-4-8-20-45-40(61)28-12-16-33(49-24-28)37-56-58-38(59-57-37)34-18-14-30(26-51-34)42(63)47-22-10-6-5-9-21-46-41(62)29-13-17-32(50-25-29)36-54-52-35(53-55-36)31-15-11-27(23-48-31)39(60)44-2;21-9-13-3-1-5-15(7-13)11-23-19(29)17-25-27-18(28-26-17)20(30)24-12-16-6-2-4-14(8-16)10-22;1-9-20-22-12(23-21-9)15(28)18-7-10-4-3-5-11(6-10)8-19-16(29)13-24-26-14(27-25-13)17(30)31-2;2-1-3;;/h11-18,23-26,43H,3-10,19-22H2,1-2H3,(H,44,60)(H,45,61)(H,46,62)(H,47,63);1-8H,9-12,21-22H2,(H,23,29)(H,24,30)(H,25,26)(H,27,28);3-6H,7-8H2,1-2H3,(H,18,28)(H,19,29)(H,20,21)(H,22,23)(H,24,25)(H,26,27);;2*1H4.